The third-order valence-corrected chi connectivity index (χ3v) is 0. The van der Waals surface area contributed by atoms with E-state index < -0.39 is 19.1 Å². The van der Waals surface area contributed by atoms with Gasteiger partial charge in [0.25, 0.3) is 0 Å². The Hall–Kier alpha value is 1.42. The maximum Gasteiger partial charge on any atom is 0 e. The fraction of sp³-hybridized carbons (Fsp3) is 0. The zero-order valence-electron chi connectivity index (χ0n) is 1.89. The minimum absolute atomic E-state index is 0. The second-order valence-electron chi connectivity index (χ2n) is 0.0833. The number of rotatable bonds is 0. The first-order chi connectivity index (χ1) is 1.41. The van der Waals surface area contributed by atoms with E-state index in [0.29, 0.717) is 0 Å². The van der Waals surface area contributed by atoms with Crippen molar-refractivity contribution in [2.45, 2.75) is 0 Å². The van der Waals surface area contributed by atoms with E-state index in [1.807, 2.05) is 0 Å². The second kappa shape index (κ2) is 8.83. The predicted molar refractivity (Wildman–Crippen MR) is 1.37 cm³/mol. The van der Waals surface area contributed by atoms with Crippen molar-refractivity contribution in [2.75, 3.05) is 0 Å². The summed E-state index contributed by atoms with van der Waals surface area (Å²) in [7, 11) is 0. The van der Waals surface area contributed by atoms with Gasteiger partial charge >= 0.3 is 25.7 Å². The van der Waals surface area contributed by atoms with Crippen molar-refractivity contribution in [1.82, 2.24) is 0 Å². The molecule has 0 atom stereocenters. The van der Waals surface area contributed by atoms with Crippen molar-refractivity contribution in [3.8, 4) is 0 Å². The van der Waals surface area contributed by atoms with Crippen LogP contribution >= 0.6 is 0 Å². The first-order valence-corrected chi connectivity index (χ1v) is 1.68. The molecule has 0 unspecified atom stereocenters. The Bertz CT molecular complexity index is 27.0. The normalized spacial score (nSPS) is 2.00. The Morgan fingerprint density at radius 3 is 1.25 bits per heavy atom. The molecule has 19 valence electrons. The van der Waals surface area contributed by atoms with Gasteiger partial charge in [-0.25, -0.2) is 0 Å². The van der Waals surface area contributed by atoms with Gasteiger partial charge in [0.15, 0.2) is 0 Å². The predicted octanol–water partition coefficient (Wildman–Crippen LogP) is -0.243. The van der Waals surface area contributed by atoms with Crippen LogP contribution in [0.3, 0.4) is 0 Å². The van der Waals surface area contributed by atoms with Gasteiger partial charge in [0.05, 0.1) is 0 Å². The van der Waals surface area contributed by atoms with Gasteiger partial charge in [0, 0.05) is 32.7 Å². The van der Waals surface area contributed by atoms with E-state index >= 15 is 0 Å². The van der Waals surface area contributed by atoms with Crippen LogP contribution in [0.1, 0.15) is 0 Å². The molecule has 0 spiro atoms. The van der Waals surface area contributed by atoms with Gasteiger partial charge in [-0.15, -0.1) is 0 Å². The first kappa shape index (κ1) is 9.05. The summed E-state index contributed by atoms with van der Waals surface area (Å²) in [4.78, 5) is 0. The Labute approximate surface area is 57.8 Å². The first-order valence-electron chi connectivity index (χ1n) is 0.408. The summed E-state index contributed by atoms with van der Waals surface area (Å²) in [5.41, 5.74) is 0. The van der Waals surface area contributed by atoms with Crippen LogP contribution in [-0.4, -0.2) is 0 Å². The molecule has 0 aromatic carbocycles. The third kappa shape index (κ3) is 9.94. The summed E-state index contributed by atoms with van der Waals surface area (Å²) in [6.45, 7) is 0. The summed E-state index contributed by atoms with van der Waals surface area (Å²) in [6.07, 6.45) is 0. The molecule has 0 aliphatic rings. The average molecular weight is 169 g/mol. The number of hydrogen-bond acceptors (Lipinski definition) is 2. The van der Waals surface area contributed by atoms with Crippen LogP contribution in [0.5, 0.6) is 0 Å². The molecule has 0 aromatic rings. The van der Waals surface area contributed by atoms with Crippen molar-refractivity contribution in [3.05, 3.63) is 0 Å². The summed E-state index contributed by atoms with van der Waals surface area (Å²) in [6, 6.07) is 0. The van der Waals surface area contributed by atoms with Crippen molar-refractivity contribution in [1.29, 1.82) is 0 Å². The van der Waals surface area contributed by atoms with Crippen molar-refractivity contribution in [3.63, 3.8) is 0 Å². The van der Waals surface area contributed by atoms with E-state index in [-0.39, 0.29) is 32.7 Å². The molecule has 4 heteroatoms. The van der Waals surface area contributed by atoms with Crippen LogP contribution in [0.15, 0.2) is 0 Å². The molecule has 2 nitrogen and oxygen atoms in total. The minimum atomic E-state index is -2.00. The van der Waals surface area contributed by atoms with Gasteiger partial charge in [-0.05, 0) is 0 Å². The molecule has 1 radical (unpaired) electrons. The fourth-order valence-corrected chi connectivity index (χ4v) is 0. The summed E-state index contributed by atoms with van der Waals surface area (Å²) in [5.74, 6) is 0. The molecule has 0 saturated carbocycles. The summed E-state index contributed by atoms with van der Waals surface area (Å²) in [5, 5.41) is 0. The van der Waals surface area contributed by atoms with Gasteiger partial charge in [0.2, 0.25) is 0 Å². The van der Waals surface area contributed by atoms with Crippen LogP contribution in [0.2, 0.25) is 0 Å². The largest absolute Gasteiger partial charge is 0 e. The molecule has 0 heterocycles. The Balaban J connectivity index is 0. The van der Waals surface area contributed by atoms with Crippen LogP contribution in [0.25, 0.3) is 0 Å². The van der Waals surface area contributed by atoms with Crippen LogP contribution in [0, 0.1) is 0 Å². The second-order valence-corrected chi connectivity index (χ2v) is 0.344. The van der Waals surface area contributed by atoms with Gasteiger partial charge in [-0.1, -0.05) is 0 Å². The van der Waals surface area contributed by atoms with E-state index in [0.717, 1.165) is 0 Å². The van der Waals surface area contributed by atoms with Crippen LogP contribution < -0.4 is 0 Å². The molecule has 0 aliphatic carbocycles. The zero-order valence-corrected chi connectivity index (χ0v) is 6.29. The standard InChI is InChI=1S/2O.Ti.Y. The SMILES string of the molecule is [O]=[Ti]=[O].[Y]. The average Bonchev–Trinajstić information content (AvgIpc) is 0.918. The van der Waals surface area contributed by atoms with Gasteiger partial charge in [-0.3, -0.25) is 0 Å². The summed E-state index contributed by atoms with van der Waals surface area (Å²) < 4.78 is 17.0. The molecule has 4 heavy (non-hydrogen) atoms. The van der Waals surface area contributed by atoms with Crippen molar-refractivity contribution < 1.29 is 58.4 Å². The smallest absolute Gasteiger partial charge is 0 e. The fourth-order valence-electron chi connectivity index (χ4n) is 0. The Morgan fingerprint density at radius 1 is 1.25 bits per heavy atom. The molecule has 0 saturated heterocycles. The maximum absolute atomic E-state index is 8.50. The number of hydrogen-bond donors (Lipinski definition) is 0. The minimum Gasteiger partial charge on any atom is 0 e. The molecule has 0 amide bonds. The molecular formula is O2TiY. The van der Waals surface area contributed by atoms with Crippen LogP contribution in [0.4, 0.5) is 0 Å². The van der Waals surface area contributed by atoms with Crippen molar-refractivity contribution in [2.24, 2.45) is 0 Å². The maximum atomic E-state index is 8.50. The zero-order chi connectivity index (χ0) is 2.71. The van der Waals surface area contributed by atoms with E-state index in [4.69, 9.17) is 6.65 Å². The van der Waals surface area contributed by atoms with Crippen molar-refractivity contribution >= 4 is 0 Å². The van der Waals surface area contributed by atoms with Gasteiger partial charge < -0.3 is 0 Å². The molecule has 0 aliphatic heterocycles. The van der Waals surface area contributed by atoms with Gasteiger partial charge in [0.1, 0.15) is 0 Å². The quantitative estimate of drug-likeness (QED) is 0.468. The third-order valence-electron chi connectivity index (χ3n) is 0. The van der Waals surface area contributed by atoms with E-state index in [1.54, 1.807) is 0 Å². The summed E-state index contributed by atoms with van der Waals surface area (Å²) >= 11 is -2.00. The molecule has 0 bridgehead atoms. The topological polar surface area (TPSA) is 34.1 Å². The monoisotopic (exact) mass is 169 g/mol. The van der Waals surface area contributed by atoms with Crippen LogP contribution in [-0.2, 0) is 58.4 Å². The van der Waals surface area contributed by atoms with E-state index in [2.05, 4.69) is 0 Å². The molecule has 0 aromatic heterocycles. The van der Waals surface area contributed by atoms with E-state index in [9.17, 15) is 0 Å². The molecule has 0 rings (SSSR count). The molecular weight excluding hydrogens is 169 g/mol. The van der Waals surface area contributed by atoms with Gasteiger partial charge in [-0.2, -0.15) is 0 Å². The van der Waals surface area contributed by atoms with E-state index in [1.165, 1.54) is 0 Å². The Kier molecular flexibility index (Phi) is 20.0. The molecule has 0 N–H and O–H groups in total. The Morgan fingerprint density at radius 2 is 1.25 bits per heavy atom. The molecule has 0 fully saturated rings.